The zero-order valence-electron chi connectivity index (χ0n) is 23.9. The van der Waals surface area contributed by atoms with Crippen molar-refractivity contribution >= 4 is 26.7 Å². The van der Waals surface area contributed by atoms with Gasteiger partial charge in [0.05, 0.1) is 15.8 Å². The summed E-state index contributed by atoms with van der Waals surface area (Å²) in [5.74, 6) is 0. The number of nitro groups is 1. The highest BCUT2D eigenvalue weighted by Gasteiger charge is 2.43. The Kier molecular flexibility index (Phi) is 9.10. The third-order valence-corrected chi connectivity index (χ3v) is 10.5. The first-order chi connectivity index (χ1) is 20.1. The number of halogens is 3. The molecule has 1 aliphatic carbocycles. The van der Waals surface area contributed by atoms with Crippen molar-refractivity contribution in [3.05, 3.63) is 117 Å². The summed E-state index contributed by atoms with van der Waals surface area (Å²) in [5.41, 5.74) is 1.54. The van der Waals surface area contributed by atoms with E-state index in [4.69, 9.17) is 13.0 Å². The maximum atomic E-state index is 11.6. The van der Waals surface area contributed by atoms with Crippen molar-refractivity contribution in [1.82, 2.24) is 0 Å². The van der Waals surface area contributed by atoms with Crippen LogP contribution in [-0.2, 0) is 26.4 Å². The Labute approximate surface area is 251 Å². The first kappa shape index (κ1) is 32.2. The van der Waals surface area contributed by atoms with Crippen LogP contribution in [0.15, 0.2) is 99.6 Å². The van der Waals surface area contributed by atoms with Crippen LogP contribution in [0.3, 0.4) is 0 Å². The maximum absolute atomic E-state index is 11.6. The molecule has 0 atom stereocenters. The molecule has 0 fully saturated rings. The number of nitro benzene ring substituents is 1. The van der Waals surface area contributed by atoms with E-state index >= 15 is 0 Å². The number of non-ortho nitro benzene ring substituents is 1. The molecule has 0 amide bonds. The summed E-state index contributed by atoms with van der Waals surface area (Å²) < 4.78 is 58.9. The summed E-state index contributed by atoms with van der Waals surface area (Å²) in [7, 11) is -6.34. The minimum absolute atomic E-state index is 0.169. The smallest absolute Gasteiger partial charge is 0.485 e. The average Bonchev–Trinajstić information content (AvgIpc) is 3.23. The minimum Gasteiger partial charge on any atom is -0.741 e. The highest BCUT2D eigenvalue weighted by Crippen LogP contribution is 2.54. The third-order valence-electron chi connectivity index (χ3n) is 7.77. The first-order valence-corrected chi connectivity index (χ1v) is 16.1. The van der Waals surface area contributed by atoms with Gasteiger partial charge in [0.25, 0.3) is 5.69 Å². The fourth-order valence-electron chi connectivity index (χ4n) is 5.47. The highest BCUT2D eigenvalue weighted by molar-refractivity contribution is 7.97. The van der Waals surface area contributed by atoms with Crippen LogP contribution in [-0.4, -0.2) is 23.4 Å². The summed E-state index contributed by atoms with van der Waals surface area (Å²) >= 11 is 0. The fourth-order valence-corrected chi connectivity index (χ4v) is 7.54. The van der Waals surface area contributed by atoms with E-state index in [9.17, 15) is 23.3 Å². The molecule has 4 aromatic carbocycles. The molecule has 0 unspecified atom stereocenters. The zero-order valence-corrected chi connectivity index (χ0v) is 25.6. The van der Waals surface area contributed by atoms with E-state index in [0.29, 0.717) is 0 Å². The van der Waals surface area contributed by atoms with Crippen molar-refractivity contribution in [1.29, 1.82) is 0 Å². The van der Waals surface area contributed by atoms with Crippen LogP contribution in [0.1, 0.15) is 48.9 Å². The van der Waals surface area contributed by atoms with E-state index in [-0.39, 0.29) is 26.9 Å². The summed E-state index contributed by atoms with van der Waals surface area (Å²) in [6, 6.07) is 30.0. The second kappa shape index (κ2) is 12.1. The first-order valence-electron chi connectivity index (χ1n) is 13.5. The van der Waals surface area contributed by atoms with Gasteiger partial charge in [0, 0.05) is 17.5 Å². The molecule has 0 N–H and O–H groups in total. The van der Waals surface area contributed by atoms with E-state index in [1.165, 1.54) is 36.9 Å². The molecule has 11 heteroatoms. The van der Waals surface area contributed by atoms with Gasteiger partial charge in [-0.05, 0) is 97.5 Å². The number of nitrogens with zero attached hydrogens (tertiary/aromatic N) is 1. The Balaban J connectivity index is 0.000000467. The lowest BCUT2D eigenvalue weighted by Crippen LogP contribution is -2.23. The van der Waals surface area contributed by atoms with Gasteiger partial charge >= 0.3 is 5.51 Å². The predicted octanol–water partition coefficient (Wildman–Crippen LogP) is 8.44. The number of alkyl halides is 3. The van der Waals surface area contributed by atoms with Crippen LogP contribution in [0.5, 0.6) is 0 Å². The molecule has 1 aliphatic rings. The summed E-state index contributed by atoms with van der Waals surface area (Å²) in [6.07, 6.45) is 1.80. The van der Waals surface area contributed by atoms with Gasteiger partial charge in [0.1, 0.15) is 0 Å². The molecule has 6 nitrogen and oxygen atoms in total. The molecule has 4 aromatic rings. The predicted molar refractivity (Wildman–Crippen MR) is 160 cm³/mol. The van der Waals surface area contributed by atoms with E-state index in [0.717, 1.165) is 24.0 Å². The van der Waals surface area contributed by atoms with Crippen LogP contribution in [0, 0.1) is 24.0 Å². The van der Waals surface area contributed by atoms with Crippen LogP contribution in [0.25, 0.3) is 11.1 Å². The topological polar surface area (TPSA) is 100 Å². The van der Waals surface area contributed by atoms with Crippen LogP contribution in [0.4, 0.5) is 18.9 Å². The average molecular weight is 630 g/mol. The molecule has 226 valence electrons. The van der Waals surface area contributed by atoms with Gasteiger partial charge in [0.2, 0.25) is 0 Å². The molecule has 0 saturated carbocycles. The number of hydrogen-bond donors (Lipinski definition) is 0. The molecule has 0 spiro atoms. The fraction of sp³-hybridized carbons (Fsp3) is 0.250. The molecule has 0 aromatic heterocycles. The molecular weight excluding hydrogens is 599 g/mol. The zero-order chi connectivity index (χ0) is 31.7. The molecule has 0 saturated heterocycles. The van der Waals surface area contributed by atoms with Gasteiger partial charge in [0.15, 0.2) is 24.8 Å². The SMILES string of the molecule is CCC1(CC)c2cc([N+](=O)[O-])ccc2-c2ccc([S+](c3ccc(C)cc3)c3ccc(C)cc3)cc21.O=S(=O)([O-])C(F)(F)F. The normalized spacial score (nSPS) is 13.6. The van der Waals surface area contributed by atoms with Gasteiger partial charge in [-0.3, -0.25) is 10.1 Å². The van der Waals surface area contributed by atoms with Crippen molar-refractivity contribution in [3.63, 3.8) is 0 Å². The van der Waals surface area contributed by atoms with Crippen LogP contribution in [0.2, 0.25) is 0 Å². The lowest BCUT2D eigenvalue weighted by Gasteiger charge is -2.29. The molecule has 0 radical (unpaired) electrons. The summed E-state index contributed by atoms with van der Waals surface area (Å²) in [6.45, 7) is 8.65. The molecule has 0 heterocycles. The van der Waals surface area contributed by atoms with Gasteiger partial charge in [-0.25, -0.2) is 8.42 Å². The van der Waals surface area contributed by atoms with Crippen LogP contribution >= 0.6 is 0 Å². The van der Waals surface area contributed by atoms with Gasteiger partial charge in [-0.15, -0.1) is 0 Å². The minimum atomic E-state index is -6.09. The highest BCUT2D eigenvalue weighted by atomic mass is 32.2. The Morgan fingerprint density at radius 1 is 0.744 bits per heavy atom. The van der Waals surface area contributed by atoms with Gasteiger partial charge < -0.3 is 4.55 Å². The van der Waals surface area contributed by atoms with Crippen molar-refractivity contribution in [2.45, 2.75) is 66.1 Å². The van der Waals surface area contributed by atoms with Crippen molar-refractivity contribution in [3.8, 4) is 11.1 Å². The number of rotatable bonds is 6. The van der Waals surface area contributed by atoms with Crippen molar-refractivity contribution < 1.29 is 31.1 Å². The Morgan fingerprint density at radius 3 is 1.53 bits per heavy atom. The van der Waals surface area contributed by atoms with Crippen molar-refractivity contribution in [2.24, 2.45) is 0 Å². The van der Waals surface area contributed by atoms with E-state index in [2.05, 4.69) is 94.4 Å². The summed E-state index contributed by atoms with van der Waals surface area (Å²) in [5, 5.41) is 11.6. The monoisotopic (exact) mass is 629 g/mol. The second-order valence-electron chi connectivity index (χ2n) is 10.3. The Hall–Kier alpha value is -3.67. The molecular formula is C32H30F3NO5S2. The largest absolute Gasteiger partial charge is 0.741 e. The molecule has 0 bridgehead atoms. The molecule has 0 aliphatic heterocycles. The number of benzene rings is 4. The maximum Gasteiger partial charge on any atom is 0.485 e. The lowest BCUT2D eigenvalue weighted by atomic mass is 9.74. The summed E-state index contributed by atoms with van der Waals surface area (Å²) in [4.78, 5) is 15.2. The van der Waals surface area contributed by atoms with E-state index in [1.54, 1.807) is 6.07 Å². The van der Waals surface area contributed by atoms with Crippen LogP contribution < -0.4 is 0 Å². The molecule has 5 rings (SSSR count). The van der Waals surface area contributed by atoms with E-state index < -0.39 is 15.6 Å². The Morgan fingerprint density at radius 2 is 1.14 bits per heavy atom. The molecule has 43 heavy (non-hydrogen) atoms. The number of fused-ring (bicyclic) bond motifs is 3. The standard InChI is InChI=1S/C31H30NO2S.CHF3O3S/c1-5-31(6-2)29-19-23(32(33)34)11-17-27(29)28-18-16-26(20-30(28)31)35(24-12-7-21(3)8-13-24)25-14-9-22(4)10-15-25;2-1(3,4)8(5,6)7/h7-20H,5-6H2,1-4H3;(H,5,6,7)/q+1;/p-1. The third kappa shape index (κ3) is 6.34. The number of aryl methyl sites for hydroxylation is 2. The van der Waals surface area contributed by atoms with Gasteiger partial charge in [-0.1, -0.05) is 49.2 Å². The Bertz CT molecular complexity index is 1700. The van der Waals surface area contributed by atoms with E-state index in [1.807, 2.05) is 12.1 Å². The van der Waals surface area contributed by atoms with Crippen molar-refractivity contribution in [2.75, 3.05) is 0 Å². The number of hydrogen-bond acceptors (Lipinski definition) is 5. The van der Waals surface area contributed by atoms with Gasteiger partial charge in [-0.2, -0.15) is 13.2 Å². The second-order valence-corrected chi connectivity index (χ2v) is 13.7. The quantitative estimate of drug-likeness (QED) is 0.0701. The lowest BCUT2D eigenvalue weighted by molar-refractivity contribution is -0.384.